The van der Waals surface area contributed by atoms with Crippen LogP contribution < -0.4 is 4.72 Å². The third kappa shape index (κ3) is 3.86. The number of fused-ring (bicyclic) bond motifs is 1. The number of sulfonamides is 1. The van der Waals surface area contributed by atoms with Crippen LogP contribution in [0.25, 0.3) is 10.9 Å². The van der Waals surface area contributed by atoms with Crippen molar-refractivity contribution in [2.24, 2.45) is 0 Å². The van der Waals surface area contributed by atoms with Gasteiger partial charge in [0.15, 0.2) is 0 Å². The molecule has 1 N–H and O–H groups in total. The first-order chi connectivity index (χ1) is 13.1. The van der Waals surface area contributed by atoms with Crippen LogP contribution in [-0.2, 0) is 23.1 Å². The van der Waals surface area contributed by atoms with Crippen molar-refractivity contribution in [1.29, 1.82) is 0 Å². The van der Waals surface area contributed by atoms with E-state index in [2.05, 4.69) is 19.8 Å². The lowest BCUT2D eigenvalue weighted by molar-refractivity contribution is 0.582. The van der Waals surface area contributed by atoms with E-state index in [1.54, 1.807) is 47.5 Å². The molecule has 0 spiro atoms. The summed E-state index contributed by atoms with van der Waals surface area (Å²) in [5.41, 5.74) is 2.54. The molecule has 2 heterocycles. The molecule has 0 aliphatic carbocycles. The Hall–Kier alpha value is -3.10. The van der Waals surface area contributed by atoms with Crippen molar-refractivity contribution in [1.82, 2.24) is 24.5 Å². The highest BCUT2D eigenvalue weighted by molar-refractivity contribution is 7.89. The van der Waals surface area contributed by atoms with Crippen molar-refractivity contribution in [2.75, 3.05) is 0 Å². The van der Waals surface area contributed by atoms with Crippen LogP contribution in [0.5, 0.6) is 0 Å². The molecule has 0 aliphatic rings. The molecule has 2 aromatic heterocycles. The van der Waals surface area contributed by atoms with Gasteiger partial charge in [0.05, 0.1) is 17.0 Å². The van der Waals surface area contributed by atoms with Gasteiger partial charge in [0, 0.05) is 18.1 Å². The van der Waals surface area contributed by atoms with Crippen molar-refractivity contribution in [3.8, 4) is 0 Å². The summed E-state index contributed by atoms with van der Waals surface area (Å²) >= 11 is 0. The molecule has 0 unspecified atom stereocenters. The Kier molecular flexibility index (Phi) is 4.66. The summed E-state index contributed by atoms with van der Waals surface area (Å²) in [4.78, 5) is 8.37. The molecule has 2 aromatic carbocycles. The van der Waals surface area contributed by atoms with Crippen LogP contribution >= 0.6 is 0 Å². The molecule has 27 heavy (non-hydrogen) atoms. The number of benzene rings is 2. The lowest BCUT2D eigenvalue weighted by atomic mass is 10.1. The van der Waals surface area contributed by atoms with Crippen LogP contribution in [0.4, 0.5) is 0 Å². The van der Waals surface area contributed by atoms with Crippen LogP contribution in [0.1, 0.15) is 11.1 Å². The fraction of sp³-hybridized carbons (Fsp3) is 0.105. The van der Waals surface area contributed by atoms with E-state index in [0.717, 1.165) is 11.1 Å². The first kappa shape index (κ1) is 17.3. The number of rotatable bonds is 6. The van der Waals surface area contributed by atoms with Gasteiger partial charge >= 0.3 is 0 Å². The van der Waals surface area contributed by atoms with Crippen molar-refractivity contribution in [3.63, 3.8) is 0 Å². The molecule has 0 amide bonds. The van der Waals surface area contributed by atoms with E-state index in [4.69, 9.17) is 0 Å². The Bertz CT molecular complexity index is 1170. The Labute approximate surface area is 156 Å². The van der Waals surface area contributed by atoms with E-state index in [9.17, 15) is 8.42 Å². The number of hydrogen-bond acceptors (Lipinski definition) is 5. The molecule has 136 valence electrons. The van der Waals surface area contributed by atoms with Gasteiger partial charge in [-0.15, -0.1) is 0 Å². The second-order valence-corrected chi connectivity index (χ2v) is 7.80. The summed E-state index contributed by atoms with van der Waals surface area (Å²) in [6, 6.07) is 16.3. The third-order valence-corrected chi connectivity index (χ3v) is 5.62. The lowest BCUT2D eigenvalue weighted by Crippen LogP contribution is -2.23. The molecule has 0 atom stereocenters. The molecule has 0 radical (unpaired) electrons. The SMILES string of the molecule is O=S(=O)(NCc1cccc(Cn2cncn2)c1)c1cccc2ncccc12. The molecule has 8 heteroatoms. The second-order valence-electron chi connectivity index (χ2n) is 6.06. The number of hydrogen-bond donors (Lipinski definition) is 1. The Morgan fingerprint density at radius 2 is 1.85 bits per heavy atom. The van der Waals surface area contributed by atoms with Gasteiger partial charge in [0.2, 0.25) is 10.0 Å². The fourth-order valence-corrected chi connectivity index (χ4v) is 4.14. The van der Waals surface area contributed by atoms with Gasteiger partial charge in [0.25, 0.3) is 0 Å². The molecule has 7 nitrogen and oxygen atoms in total. The van der Waals surface area contributed by atoms with Gasteiger partial charge in [-0.05, 0) is 35.4 Å². The van der Waals surface area contributed by atoms with Crippen molar-refractivity contribution in [3.05, 3.63) is 84.6 Å². The second kappa shape index (κ2) is 7.26. The number of nitrogens with one attached hydrogen (secondary N) is 1. The predicted molar refractivity (Wildman–Crippen MR) is 101 cm³/mol. The van der Waals surface area contributed by atoms with Gasteiger partial charge < -0.3 is 0 Å². The maximum Gasteiger partial charge on any atom is 0.241 e. The minimum atomic E-state index is -3.67. The van der Waals surface area contributed by atoms with Crippen molar-refractivity contribution in [2.45, 2.75) is 18.0 Å². The van der Waals surface area contributed by atoms with Gasteiger partial charge in [-0.3, -0.25) is 4.98 Å². The molecule has 4 aromatic rings. The zero-order valence-corrected chi connectivity index (χ0v) is 15.2. The molecule has 0 aliphatic heterocycles. The Morgan fingerprint density at radius 1 is 1.00 bits per heavy atom. The smallest absolute Gasteiger partial charge is 0.241 e. The molecule has 0 fully saturated rings. The van der Waals surface area contributed by atoms with Crippen LogP contribution in [0, 0.1) is 0 Å². The lowest BCUT2D eigenvalue weighted by Gasteiger charge is -2.10. The van der Waals surface area contributed by atoms with Crippen molar-refractivity contribution >= 4 is 20.9 Å². The van der Waals surface area contributed by atoms with E-state index in [-0.39, 0.29) is 11.4 Å². The predicted octanol–water partition coefficient (Wildman–Crippen LogP) is 2.35. The van der Waals surface area contributed by atoms with Crippen LogP contribution in [-0.4, -0.2) is 28.2 Å². The standard InChI is InChI=1S/C19H17N5O2S/c25-27(26,19-8-2-7-18-17(19)6-3-9-21-18)23-11-15-4-1-5-16(10-15)12-24-14-20-13-22-24/h1-10,13-14,23H,11-12H2. The third-order valence-electron chi connectivity index (χ3n) is 4.16. The Balaban J connectivity index is 1.54. The highest BCUT2D eigenvalue weighted by atomic mass is 32.2. The molecule has 4 rings (SSSR count). The minimum absolute atomic E-state index is 0.199. The van der Waals surface area contributed by atoms with Gasteiger partial charge in [-0.25, -0.2) is 22.8 Å². The van der Waals surface area contributed by atoms with E-state index >= 15 is 0 Å². The van der Waals surface area contributed by atoms with E-state index in [0.29, 0.717) is 17.4 Å². The zero-order chi connectivity index (χ0) is 18.7. The van der Waals surface area contributed by atoms with Gasteiger partial charge in [0.1, 0.15) is 12.7 Å². The van der Waals surface area contributed by atoms with E-state index < -0.39 is 10.0 Å². The molecule has 0 saturated carbocycles. The Morgan fingerprint density at radius 3 is 2.70 bits per heavy atom. The quantitative estimate of drug-likeness (QED) is 0.555. The van der Waals surface area contributed by atoms with E-state index in [1.165, 1.54) is 6.33 Å². The molecular weight excluding hydrogens is 362 g/mol. The van der Waals surface area contributed by atoms with Crippen LogP contribution in [0.3, 0.4) is 0 Å². The zero-order valence-electron chi connectivity index (χ0n) is 14.4. The monoisotopic (exact) mass is 379 g/mol. The highest BCUT2D eigenvalue weighted by Crippen LogP contribution is 2.21. The van der Waals surface area contributed by atoms with Gasteiger partial charge in [-0.1, -0.05) is 30.3 Å². The van der Waals surface area contributed by atoms with Crippen LogP contribution in [0.15, 0.2) is 78.3 Å². The summed E-state index contributed by atoms with van der Waals surface area (Å²) in [5, 5.41) is 4.69. The maximum atomic E-state index is 12.8. The number of nitrogens with zero attached hydrogens (tertiary/aromatic N) is 4. The first-order valence-electron chi connectivity index (χ1n) is 8.35. The largest absolute Gasteiger partial charge is 0.256 e. The highest BCUT2D eigenvalue weighted by Gasteiger charge is 2.17. The van der Waals surface area contributed by atoms with Crippen LogP contribution in [0.2, 0.25) is 0 Å². The summed E-state index contributed by atoms with van der Waals surface area (Å²) in [5.74, 6) is 0. The number of aromatic nitrogens is 4. The summed E-state index contributed by atoms with van der Waals surface area (Å²) in [6.45, 7) is 0.778. The van der Waals surface area contributed by atoms with Gasteiger partial charge in [-0.2, -0.15) is 5.10 Å². The molecular formula is C19H17N5O2S. The normalized spacial score (nSPS) is 11.7. The van der Waals surface area contributed by atoms with Crippen molar-refractivity contribution < 1.29 is 8.42 Å². The number of pyridine rings is 1. The average Bonchev–Trinajstić information content (AvgIpc) is 3.19. The van der Waals surface area contributed by atoms with E-state index in [1.807, 2.05) is 24.3 Å². The summed E-state index contributed by atoms with van der Waals surface area (Å²) < 4.78 is 30.0. The summed E-state index contributed by atoms with van der Waals surface area (Å²) in [6.07, 6.45) is 4.77. The fourth-order valence-electron chi connectivity index (χ4n) is 2.90. The first-order valence-corrected chi connectivity index (χ1v) is 9.84. The minimum Gasteiger partial charge on any atom is -0.256 e. The maximum absolute atomic E-state index is 12.8. The molecule has 0 bridgehead atoms. The topological polar surface area (TPSA) is 89.8 Å². The molecule has 0 saturated heterocycles. The summed E-state index contributed by atoms with van der Waals surface area (Å²) in [7, 11) is -3.67. The average molecular weight is 379 g/mol.